The van der Waals surface area contributed by atoms with E-state index in [-0.39, 0.29) is 17.2 Å². The van der Waals surface area contributed by atoms with E-state index in [2.05, 4.69) is 0 Å². The summed E-state index contributed by atoms with van der Waals surface area (Å²) in [4.78, 5) is 27.7. The molecule has 1 aliphatic heterocycles. The quantitative estimate of drug-likeness (QED) is 0.839. The number of amides is 2. The largest absolute Gasteiger partial charge is 0.397 e. The number of carbonyl (C=O) groups excluding carboxylic acids is 2. The van der Waals surface area contributed by atoms with E-state index in [4.69, 9.17) is 16.2 Å². The lowest BCUT2D eigenvalue weighted by atomic mass is 10.2. The zero-order chi connectivity index (χ0) is 15.6. The molecule has 8 heteroatoms. The smallest absolute Gasteiger partial charge is 0.265 e. The minimum atomic E-state index is -0.610. The number of rotatable bonds is 3. The van der Waals surface area contributed by atoms with Crippen LogP contribution in [-0.4, -0.2) is 57.1 Å². The van der Waals surface area contributed by atoms with Gasteiger partial charge in [-0.2, -0.15) is 0 Å². The van der Waals surface area contributed by atoms with Crippen LogP contribution in [0.25, 0.3) is 0 Å². The van der Waals surface area contributed by atoms with Crippen molar-refractivity contribution in [1.29, 1.82) is 0 Å². The Labute approximate surface area is 127 Å². The Bertz CT molecular complexity index is 548. The van der Waals surface area contributed by atoms with Crippen molar-refractivity contribution < 1.29 is 14.3 Å². The molecular weight excluding hydrogens is 292 g/mol. The summed E-state index contributed by atoms with van der Waals surface area (Å²) in [6.45, 7) is 2.66. The van der Waals surface area contributed by atoms with Crippen LogP contribution in [0.3, 0.4) is 0 Å². The van der Waals surface area contributed by atoms with Crippen molar-refractivity contribution in [2.24, 2.45) is 5.73 Å². The first-order valence-electron chi connectivity index (χ1n) is 6.70. The third kappa shape index (κ3) is 3.11. The highest BCUT2D eigenvalue weighted by Gasteiger charge is 2.28. The summed E-state index contributed by atoms with van der Waals surface area (Å²) < 4.78 is 5.41. The average molecular weight is 312 g/mol. The van der Waals surface area contributed by atoms with E-state index in [1.807, 2.05) is 4.90 Å². The number of hydrogen-bond acceptors (Lipinski definition) is 6. The number of hydrogen-bond donors (Lipinski definition) is 2. The molecule has 0 saturated carbocycles. The molecule has 21 heavy (non-hydrogen) atoms. The lowest BCUT2D eigenvalue weighted by Crippen LogP contribution is -2.27. The van der Waals surface area contributed by atoms with Gasteiger partial charge in [0, 0.05) is 33.8 Å². The molecule has 1 fully saturated rings. The number of nitrogens with two attached hydrogens (primary N) is 2. The van der Waals surface area contributed by atoms with E-state index in [0.717, 1.165) is 13.0 Å². The number of nitrogens with zero attached hydrogens (tertiary/aromatic N) is 2. The van der Waals surface area contributed by atoms with Gasteiger partial charge in [-0.3, -0.25) is 9.59 Å². The molecule has 0 aliphatic carbocycles. The molecule has 116 valence electrons. The minimum absolute atomic E-state index is 0.173. The summed E-state index contributed by atoms with van der Waals surface area (Å²) in [7, 11) is 3.29. The van der Waals surface area contributed by atoms with Crippen LogP contribution in [-0.2, 0) is 4.74 Å². The van der Waals surface area contributed by atoms with E-state index in [1.165, 1.54) is 16.2 Å². The van der Waals surface area contributed by atoms with Crippen molar-refractivity contribution in [3.63, 3.8) is 0 Å². The van der Waals surface area contributed by atoms with Crippen LogP contribution in [0, 0.1) is 0 Å². The van der Waals surface area contributed by atoms with Gasteiger partial charge in [0.1, 0.15) is 9.88 Å². The molecule has 4 N–H and O–H groups in total. The molecule has 2 heterocycles. The number of thiophene rings is 1. The van der Waals surface area contributed by atoms with E-state index in [9.17, 15) is 9.59 Å². The van der Waals surface area contributed by atoms with Crippen molar-refractivity contribution in [3.05, 3.63) is 10.4 Å². The third-order valence-corrected chi connectivity index (χ3v) is 4.54. The normalized spacial score (nSPS) is 15.6. The lowest BCUT2D eigenvalue weighted by Gasteiger charge is -2.20. The molecule has 2 rings (SSSR count). The molecule has 0 bridgehead atoms. The molecular formula is C13H20N4O3S. The van der Waals surface area contributed by atoms with Gasteiger partial charge in [0.05, 0.1) is 17.9 Å². The predicted molar refractivity (Wildman–Crippen MR) is 82.9 cm³/mol. The molecule has 2 amide bonds. The zero-order valence-corrected chi connectivity index (χ0v) is 13.0. The van der Waals surface area contributed by atoms with Gasteiger partial charge >= 0.3 is 0 Å². The summed E-state index contributed by atoms with van der Waals surface area (Å²) >= 11 is 1.22. The maximum absolute atomic E-state index is 12.2. The van der Waals surface area contributed by atoms with Crippen molar-refractivity contribution in [2.75, 3.05) is 51.0 Å². The third-order valence-electron chi connectivity index (χ3n) is 3.28. The number of primary amides is 1. The first kappa shape index (κ1) is 15.6. The molecule has 1 aliphatic rings. The fourth-order valence-corrected chi connectivity index (χ4v) is 3.50. The second-order valence-electron chi connectivity index (χ2n) is 5.04. The number of nitrogen functional groups attached to an aromatic ring is 1. The highest BCUT2D eigenvalue weighted by Crippen LogP contribution is 2.38. The van der Waals surface area contributed by atoms with Gasteiger partial charge < -0.3 is 26.0 Å². The SMILES string of the molecule is CN(C)C(=O)c1sc(N2CCCOCC2)c(C(N)=O)c1N. The second-order valence-corrected chi connectivity index (χ2v) is 6.04. The van der Waals surface area contributed by atoms with Gasteiger partial charge in [-0.15, -0.1) is 11.3 Å². The van der Waals surface area contributed by atoms with Crippen LogP contribution in [0.1, 0.15) is 26.5 Å². The van der Waals surface area contributed by atoms with Crippen LogP contribution in [0.5, 0.6) is 0 Å². The van der Waals surface area contributed by atoms with Gasteiger partial charge in [-0.25, -0.2) is 0 Å². The number of anilines is 2. The molecule has 7 nitrogen and oxygen atoms in total. The Kier molecular flexibility index (Phi) is 4.69. The molecule has 0 radical (unpaired) electrons. The first-order valence-corrected chi connectivity index (χ1v) is 7.51. The molecule has 1 aromatic heterocycles. The van der Waals surface area contributed by atoms with Crippen LogP contribution >= 0.6 is 11.3 Å². The number of carbonyl (C=O) groups is 2. The van der Waals surface area contributed by atoms with Crippen LogP contribution in [0.15, 0.2) is 0 Å². The maximum Gasteiger partial charge on any atom is 0.265 e. The number of ether oxygens (including phenoxy) is 1. The van der Waals surface area contributed by atoms with Gasteiger partial charge in [-0.05, 0) is 6.42 Å². The second kappa shape index (κ2) is 6.31. The van der Waals surface area contributed by atoms with Gasteiger partial charge in [0.25, 0.3) is 11.8 Å². The standard InChI is InChI=1S/C13H20N4O3S/c1-16(2)12(19)10-9(14)8(11(15)18)13(21-10)17-4-3-6-20-7-5-17/h3-7,14H2,1-2H3,(H2,15,18). The first-order chi connectivity index (χ1) is 9.93. The zero-order valence-electron chi connectivity index (χ0n) is 12.2. The van der Waals surface area contributed by atoms with Crippen molar-refractivity contribution in [1.82, 2.24) is 4.90 Å². The van der Waals surface area contributed by atoms with Crippen LogP contribution in [0.4, 0.5) is 10.7 Å². The van der Waals surface area contributed by atoms with Gasteiger partial charge in [0.15, 0.2) is 0 Å². The van der Waals surface area contributed by atoms with E-state index in [0.29, 0.717) is 29.6 Å². The molecule has 0 atom stereocenters. The molecule has 1 saturated heterocycles. The van der Waals surface area contributed by atoms with E-state index < -0.39 is 5.91 Å². The predicted octanol–water partition coefficient (Wildman–Crippen LogP) is 0.358. The van der Waals surface area contributed by atoms with Crippen molar-refractivity contribution in [2.45, 2.75) is 6.42 Å². The fourth-order valence-electron chi connectivity index (χ4n) is 2.20. The maximum atomic E-state index is 12.2. The van der Waals surface area contributed by atoms with Crippen LogP contribution < -0.4 is 16.4 Å². The van der Waals surface area contributed by atoms with Crippen molar-refractivity contribution in [3.8, 4) is 0 Å². The van der Waals surface area contributed by atoms with Gasteiger partial charge in [0.2, 0.25) is 0 Å². The Balaban J connectivity index is 2.46. The molecule has 1 aromatic rings. The minimum Gasteiger partial charge on any atom is -0.397 e. The monoisotopic (exact) mass is 312 g/mol. The summed E-state index contributed by atoms with van der Waals surface area (Å²) in [5.74, 6) is -0.834. The topological polar surface area (TPSA) is 102 Å². The van der Waals surface area contributed by atoms with Crippen molar-refractivity contribution >= 4 is 33.8 Å². The average Bonchev–Trinajstić information content (AvgIpc) is 2.62. The van der Waals surface area contributed by atoms with Gasteiger partial charge in [-0.1, -0.05) is 0 Å². The Morgan fingerprint density at radius 2 is 2.00 bits per heavy atom. The van der Waals surface area contributed by atoms with E-state index >= 15 is 0 Å². The highest BCUT2D eigenvalue weighted by atomic mass is 32.1. The molecule has 0 spiro atoms. The van der Waals surface area contributed by atoms with E-state index in [1.54, 1.807) is 14.1 Å². The fraction of sp³-hybridized carbons (Fsp3) is 0.538. The Morgan fingerprint density at radius 3 is 2.62 bits per heavy atom. The Hall–Kier alpha value is -1.80. The summed E-state index contributed by atoms with van der Waals surface area (Å²) in [5, 5.41) is 0.663. The lowest BCUT2D eigenvalue weighted by molar-refractivity contribution is 0.0833. The summed E-state index contributed by atoms with van der Waals surface area (Å²) in [6.07, 6.45) is 0.854. The molecule has 0 unspecified atom stereocenters. The molecule has 0 aromatic carbocycles. The highest BCUT2D eigenvalue weighted by molar-refractivity contribution is 7.19. The summed E-state index contributed by atoms with van der Waals surface area (Å²) in [5.41, 5.74) is 11.9. The summed E-state index contributed by atoms with van der Waals surface area (Å²) in [6, 6.07) is 0. The Morgan fingerprint density at radius 1 is 1.29 bits per heavy atom. The van der Waals surface area contributed by atoms with Crippen LogP contribution in [0.2, 0.25) is 0 Å².